The predicted octanol–water partition coefficient (Wildman–Crippen LogP) is 4.28. The summed E-state index contributed by atoms with van der Waals surface area (Å²) in [6.07, 6.45) is -3.89. The van der Waals surface area contributed by atoms with Gasteiger partial charge in [0.15, 0.2) is 0 Å². The second-order valence-corrected chi connectivity index (χ2v) is 6.22. The van der Waals surface area contributed by atoms with E-state index in [1.807, 2.05) is 0 Å². The van der Waals surface area contributed by atoms with Gasteiger partial charge in [-0.1, -0.05) is 41.4 Å². The van der Waals surface area contributed by atoms with Crippen molar-refractivity contribution in [3.05, 3.63) is 63.4 Å². The third-order valence-electron chi connectivity index (χ3n) is 3.62. The van der Waals surface area contributed by atoms with Crippen molar-refractivity contribution < 1.29 is 22.7 Å². The number of ether oxygens (including phenoxy) is 1. The summed E-state index contributed by atoms with van der Waals surface area (Å²) in [6.45, 7) is 0.262. The Balaban J connectivity index is 2.15. The number of methoxy groups -OCH3 is 1. The van der Waals surface area contributed by atoms with Crippen LogP contribution >= 0.6 is 23.2 Å². The third-order valence-corrected chi connectivity index (χ3v) is 4.32. The highest BCUT2D eigenvalue weighted by Gasteiger charge is 2.32. The number of benzene rings is 1. The molecule has 1 aromatic heterocycles. The highest BCUT2D eigenvalue weighted by Crippen LogP contribution is 2.31. The van der Waals surface area contributed by atoms with Crippen LogP contribution in [0.5, 0.6) is 0 Å². The maximum atomic E-state index is 12.7. The van der Waals surface area contributed by atoms with Gasteiger partial charge in [-0.25, -0.2) is 0 Å². The summed E-state index contributed by atoms with van der Waals surface area (Å²) in [5, 5.41) is 3.32. The van der Waals surface area contributed by atoms with Crippen molar-refractivity contribution in [1.29, 1.82) is 0 Å². The molecule has 0 amide bonds. The maximum absolute atomic E-state index is 12.7. The fourth-order valence-corrected chi connectivity index (χ4v) is 2.67. The maximum Gasteiger partial charge on any atom is 0.417 e. The molecule has 0 saturated heterocycles. The second-order valence-electron chi connectivity index (χ2n) is 5.40. The second kappa shape index (κ2) is 8.70. The quantitative estimate of drug-likeness (QED) is 0.727. The molecule has 1 aromatic carbocycles. The Morgan fingerprint density at radius 3 is 2.54 bits per heavy atom. The van der Waals surface area contributed by atoms with E-state index < -0.39 is 23.8 Å². The minimum Gasteiger partial charge on any atom is -0.468 e. The van der Waals surface area contributed by atoms with Crippen LogP contribution in [-0.2, 0) is 28.7 Å². The Bertz CT molecular complexity index is 785. The number of nitrogens with one attached hydrogen (secondary N) is 1. The first kappa shape index (κ1) is 20.5. The zero-order valence-corrected chi connectivity index (χ0v) is 15.1. The summed E-state index contributed by atoms with van der Waals surface area (Å²) in [5.74, 6) is -0.588. The smallest absolute Gasteiger partial charge is 0.417 e. The van der Waals surface area contributed by atoms with Crippen LogP contribution in [-0.4, -0.2) is 24.1 Å². The molecule has 0 spiro atoms. The summed E-state index contributed by atoms with van der Waals surface area (Å²) in [6, 6.07) is 7.00. The van der Waals surface area contributed by atoms with E-state index in [2.05, 4.69) is 10.3 Å². The molecule has 0 bridgehead atoms. The molecule has 26 heavy (non-hydrogen) atoms. The number of hydrogen-bond acceptors (Lipinski definition) is 4. The van der Waals surface area contributed by atoms with E-state index in [-0.39, 0.29) is 23.7 Å². The molecule has 0 radical (unpaired) electrons. The van der Waals surface area contributed by atoms with E-state index in [1.54, 1.807) is 24.3 Å². The molecule has 0 aliphatic heterocycles. The van der Waals surface area contributed by atoms with Gasteiger partial charge in [0.05, 0.1) is 23.4 Å². The van der Waals surface area contributed by atoms with Gasteiger partial charge in [-0.3, -0.25) is 15.1 Å². The lowest BCUT2D eigenvalue weighted by atomic mass is 10.1. The van der Waals surface area contributed by atoms with Gasteiger partial charge in [0, 0.05) is 24.2 Å². The molecule has 0 fully saturated rings. The van der Waals surface area contributed by atoms with Gasteiger partial charge in [0.25, 0.3) is 0 Å². The highest BCUT2D eigenvalue weighted by molar-refractivity contribution is 6.31. The van der Waals surface area contributed by atoms with E-state index in [0.717, 1.165) is 11.6 Å². The van der Waals surface area contributed by atoms with Gasteiger partial charge in [0.2, 0.25) is 0 Å². The van der Waals surface area contributed by atoms with Crippen molar-refractivity contribution in [3.63, 3.8) is 0 Å². The molecule has 4 nitrogen and oxygen atoms in total. The van der Waals surface area contributed by atoms with Crippen LogP contribution in [0.1, 0.15) is 16.8 Å². The summed E-state index contributed by atoms with van der Waals surface area (Å²) < 4.78 is 42.8. The normalized spacial score (nSPS) is 12.7. The fraction of sp³-hybridized carbons (Fsp3) is 0.294. The number of carbonyl (C=O) groups is 1. The molecule has 140 valence electrons. The van der Waals surface area contributed by atoms with Crippen molar-refractivity contribution in [2.75, 3.05) is 7.11 Å². The highest BCUT2D eigenvalue weighted by atomic mass is 35.5. The minimum atomic E-state index is -4.54. The largest absolute Gasteiger partial charge is 0.468 e. The number of nitrogens with zero attached hydrogens (tertiary/aromatic N) is 1. The van der Waals surface area contributed by atoms with Crippen molar-refractivity contribution in [2.24, 2.45) is 0 Å². The summed E-state index contributed by atoms with van der Waals surface area (Å²) in [4.78, 5) is 15.7. The molecule has 1 N–H and O–H groups in total. The summed E-state index contributed by atoms with van der Waals surface area (Å²) in [7, 11) is 1.22. The predicted molar refractivity (Wildman–Crippen MR) is 92.0 cm³/mol. The number of halogens is 5. The fourth-order valence-electron chi connectivity index (χ4n) is 2.22. The summed E-state index contributed by atoms with van der Waals surface area (Å²) >= 11 is 12.0. The van der Waals surface area contributed by atoms with Crippen molar-refractivity contribution >= 4 is 29.2 Å². The zero-order chi connectivity index (χ0) is 19.3. The van der Waals surface area contributed by atoms with E-state index in [4.69, 9.17) is 27.9 Å². The molecule has 9 heteroatoms. The lowest BCUT2D eigenvalue weighted by molar-refractivity contribution is -0.143. The molecule has 1 heterocycles. The molecule has 1 unspecified atom stereocenters. The molecular formula is C17H15Cl2F3N2O2. The first-order valence-corrected chi connectivity index (χ1v) is 8.24. The Morgan fingerprint density at radius 2 is 1.96 bits per heavy atom. The Hall–Kier alpha value is -1.83. The molecule has 0 aliphatic rings. The monoisotopic (exact) mass is 406 g/mol. The van der Waals surface area contributed by atoms with E-state index in [9.17, 15) is 18.0 Å². The van der Waals surface area contributed by atoms with Gasteiger partial charge in [0.1, 0.15) is 6.04 Å². The molecular weight excluding hydrogens is 392 g/mol. The minimum absolute atomic E-state index is 0.0336. The number of rotatable bonds is 6. The first-order valence-electron chi connectivity index (χ1n) is 7.48. The summed E-state index contributed by atoms with van der Waals surface area (Å²) in [5.41, 5.74) is -0.0406. The number of alkyl halides is 3. The first-order chi connectivity index (χ1) is 12.2. The number of hydrogen-bond donors (Lipinski definition) is 1. The number of pyridine rings is 1. The van der Waals surface area contributed by atoms with Crippen molar-refractivity contribution in [1.82, 2.24) is 10.3 Å². The number of aromatic nitrogens is 1. The van der Waals surface area contributed by atoms with Gasteiger partial charge < -0.3 is 4.74 Å². The standard InChI is InChI=1S/C17H15Cl2F3N2O2/c1-26-16(25)15(23-8-10-4-2-3-5-12(10)18)7-14-13(19)6-11(9-24-14)17(20,21)22/h2-6,9,15,23H,7-8H2,1H3. The Morgan fingerprint density at radius 1 is 1.27 bits per heavy atom. The van der Waals surface area contributed by atoms with E-state index in [0.29, 0.717) is 11.2 Å². The lowest BCUT2D eigenvalue weighted by Crippen LogP contribution is -2.39. The number of carbonyl (C=O) groups excluding carboxylic acids is 1. The van der Waals surface area contributed by atoms with Crippen LogP contribution in [0.15, 0.2) is 36.5 Å². The Kier molecular flexibility index (Phi) is 6.86. The SMILES string of the molecule is COC(=O)C(Cc1ncc(C(F)(F)F)cc1Cl)NCc1ccccc1Cl. The lowest BCUT2D eigenvalue weighted by Gasteiger charge is -2.18. The van der Waals surface area contributed by atoms with Crippen molar-refractivity contribution in [2.45, 2.75) is 25.2 Å². The van der Waals surface area contributed by atoms with Crippen LogP contribution in [0, 0.1) is 0 Å². The number of esters is 1. The van der Waals surface area contributed by atoms with Gasteiger partial charge in [-0.15, -0.1) is 0 Å². The van der Waals surface area contributed by atoms with E-state index in [1.165, 1.54) is 7.11 Å². The van der Waals surface area contributed by atoms with Gasteiger partial charge in [-0.05, 0) is 17.7 Å². The zero-order valence-electron chi connectivity index (χ0n) is 13.6. The van der Waals surface area contributed by atoms with Crippen LogP contribution < -0.4 is 5.32 Å². The third kappa shape index (κ3) is 5.33. The van der Waals surface area contributed by atoms with E-state index >= 15 is 0 Å². The topological polar surface area (TPSA) is 51.2 Å². The average molecular weight is 407 g/mol. The molecule has 2 rings (SSSR count). The van der Waals surface area contributed by atoms with Gasteiger partial charge >= 0.3 is 12.1 Å². The molecule has 2 aromatic rings. The Labute approximate surface area is 158 Å². The molecule has 0 saturated carbocycles. The molecule has 1 atom stereocenters. The van der Waals surface area contributed by atoms with Crippen LogP contribution in [0.4, 0.5) is 13.2 Å². The average Bonchev–Trinajstić information content (AvgIpc) is 2.59. The van der Waals surface area contributed by atoms with Crippen molar-refractivity contribution in [3.8, 4) is 0 Å². The van der Waals surface area contributed by atoms with Crippen LogP contribution in [0.2, 0.25) is 10.0 Å². The van der Waals surface area contributed by atoms with Crippen LogP contribution in [0.25, 0.3) is 0 Å². The van der Waals surface area contributed by atoms with Gasteiger partial charge in [-0.2, -0.15) is 13.2 Å². The van der Waals surface area contributed by atoms with Crippen LogP contribution in [0.3, 0.4) is 0 Å². The molecule has 0 aliphatic carbocycles.